The number of urea groups is 4. The van der Waals surface area contributed by atoms with Crippen LogP contribution in [0, 0.1) is 37.5 Å². The topological polar surface area (TPSA) is 558 Å². The summed E-state index contributed by atoms with van der Waals surface area (Å²) in [4.78, 5) is 216. The number of carbonyl (C=O) groups is 12. The molecule has 4 heterocycles. The maximum absolute atomic E-state index is 12.3. The first-order chi connectivity index (χ1) is 72.6. The van der Waals surface area contributed by atoms with Crippen molar-refractivity contribution >= 4 is 95.3 Å². The summed E-state index contributed by atoms with van der Waals surface area (Å²) in [5.74, 6) is 1.20. The lowest BCUT2D eigenvalue weighted by Gasteiger charge is -2.12. The summed E-state index contributed by atoms with van der Waals surface area (Å²) >= 11 is 0. The van der Waals surface area contributed by atoms with Crippen molar-refractivity contribution in [2.24, 2.45) is 23.7 Å². The van der Waals surface area contributed by atoms with Gasteiger partial charge in [-0.05, 0) is 192 Å². The Morgan fingerprint density at radius 1 is 0.247 bits per heavy atom. The van der Waals surface area contributed by atoms with Crippen molar-refractivity contribution in [3.8, 4) is 0 Å². The second-order valence-corrected chi connectivity index (χ2v) is 39.6. The number of Topliss-reactive ketones (excluding diaryl/α,β-unsaturated/α-hetero) is 2. The fourth-order valence-corrected chi connectivity index (χ4v) is 15.9. The number of amides is 8. The number of unbranched alkanes of at least 4 members (excludes halogenated alkanes) is 32. The smallest absolute Gasteiger partial charge is 0.321 e. The van der Waals surface area contributed by atoms with Crippen molar-refractivity contribution in [3.63, 3.8) is 0 Å². The molecule has 40 heteroatoms. The van der Waals surface area contributed by atoms with E-state index >= 15 is 0 Å². The number of nitrogens with zero attached hydrogens (tertiary/aromatic N) is 4. The molecule has 0 saturated heterocycles. The number of hydrogen-bond donors (Lipinski definition) is 12. The molecule has 12 N–H and O–H groups in total. The van der Waals surface area contributed by atoms with E-state index in [9.17, 15) is 76.7 Å². The van der Waals surface area contributed by atoms with Crippen LogP contribution >= 0.6 is 0 Å². The highest BCUT2D eigenvalue weighted by Crippen LogP contribution is 2.21. The van der Waals surface area contributed by atoms with Gasteiger partial charge < -0.3 is 59.2 Å². The van der Waals surface area contributed by atoms with Crippen molar-refractivity contribution in [3.05, 3.63) is 89.5 Å². The van der Waals surface area contributed by atoms with Gasteiger partial charge in [-0.3, -0.25) is 98.7 Å². The molecule has 0 radical (unpaired) electrons. The Balaban J connectivity index is 0.000000784. The Labute approximate surface area is 888 Å². The van der Waals surface area contributed by atoms with Crippen LogP contribution in [-0.4, -0.2) is 204 Å². The monoisotopic (exact) mass is 2110 g/mol. The van der Waals surface area contributed by atoms with Crippen molar-refractivity contribution < 1.29 is 95.4 Å². The second kappa shape index (κ2) is 90.4. The van der Waals surface area contributed by atoms with E-state index in [2.05, 4.69) is 96.3 Å². The molecule has 4 rings (SSSR count). The van der Waals surface area contributed by atoms with Gasteiger partial charge in [-0.2, -0.15) is 0 Å². The summed E-state index contributed by atoms with van der Waals surface area (Å²) in [5.41, 5.74) is -0.280. The third-order valence-electron chi connectivity index (χ3n) is 25.3. The van der Waals surface area contributed by atoms with Crippen molar-refractivity contribution in [2.45, 2.75) is 414 Å². The molecule has 4 unspecified atom stereocenters. The normalized spacial score (nSPS) is 11.8. The lowest BCUT2D eigenvalue weighted by atomic mass is 10.0. The Kier molecular flexibility index (Phi) is 80.0. The van der Waals surface area contributed by atoms with Gasteiger partial charge in [0.1, 0.15) is 11.6 Å². The summed E-state index contributed by atoms with van der Waals surface area (Å²) in [5, 5.41) is 21.0. The first-order valence-corrected chi connectivity index (χ1v) is 56.2. The largest absolute Gasteiger partial charge is 0.466 e. The van der Waals surface area contributed by atoms with Gasteiger partial charge >= 0.3 is 59.9 Å². The van der Waals surface area contributed by atoms with Crippen LogP contribution in [0.25, 0.3) is 0 Å². The van der Waals surface area contributed by atoms with Gasteiger partial charge in [-0.15, -0.1) is 0 Å². The first kappa shape index (κ1) is 133. The van der Waals surface area contributed by atoms with Crippen LogP contribution in [0.5, 0.6) is 0 Å². The van der Waals surface area contributed by atoms with Crippen LogP contribution < -0.4 is 64.8 Å². The number of hydrogen-bond acceptors (Lipinski definition) is 28. The van der Waals surface area contributed by atoms with Crippen LogP contribution in [0.4, 0.5) is 43.0 Å². The van der Waals surface area contributed by atoms with Crippen molar-refractivity contribution in [2.75, 3.05) is 114 Å². The number of nitrogens with one attached hydrogen (secondary N) is 12. The van der Waals surface area contributed by atoms with Gasteiger partial charge in [0.05, 0.1) is 39.6 Å². The van der Waals surface area contributed by atoms with E-state index in [1.807, 2.05) is 13.8 Å². The molecule has 0 aliphatic carbocycles. The van der Waals surface area contributed by atoms with Gasteiger partial charge in [0.25, 0.3) is 22.2 Å². The number of ketones is 2. The van der Waals surface area contributed by atoms with E-state index in [-0.39, 0.29) is 93.7 Å². The van der Waals surface area contributed by atoms with E-state index in [1.165, 1.54) is 36.7 Å². The molecule has 0 aliphatic rings. The molecule has 4 aromatic heterocycles. The molecule has 0 aliphatic heterocycles. The Bertz CT molecular complexity index is 4590. The van der Waals surface area contributed by atoms with E-state index in [0.717, 1.165) is 296 Å². The number of rotatable bonds is 92. The van der Waals surface area contributed by atoms with E-state index in [4.69, 9.17) is 37.9 Å². The number of H-pyrrole nitrogens is 4. The fraction of sp³-hybridized carbons (Fsp3) is 0.745. The predicted octanol–water partition coefficient (Wildman–Crippen LogP) is 19.8. The first-order valence-electron chi connectivity index (χ1n) is 56.2. The Morgan fingerprint density at radius 3 is 0.740 bits per heavy atom. The van der Waals surface area contributed by atoms with Crippen LogP contribution in [0.2, 0.25) is 0 Å². The Morgan fingerprint density at radius 2 is 0.467 bits per heavy atom. The van der Waals surface area contributed by atoms with E-state index in [0.29, 0.717) is 204 Å². The number of anilines is 4. The SMILES string of the molecule is Cc1cc(=O)[nH]c(NC(=O)NCCCCCCCC(=O)CCCCCCCOCCC(C)CCC(=O)OCCCCCCCOC(=O)CCC(C)CCOCCCCCCCC(=O)CCCCCCCNC(=O)Nc2nccc(=O)[nH]2)n1.Cc1cc(=O)[nH]c(NC(=O)NCCCCCCCC(=O)OCCC(C)CCC(=O)OCCCCCCCOC(=O)CCC(C)CCOC(=O)CCCCCCCNC(=O)Nc2nccc(=O)[nH]2)n1. The highest BCUT2D eigenvalue weighted by molar-refractivity contribution is 5.89. The molecule has 0 spiro atoms. The van der Waals surface area contributed by atoms with Crippen molar-refractivity contribution in [1.82, 2.24) is 61.1 Å². The Hall–Kier alpha value is -11.3. The quantitative estimate of drug-likeness (QED) is 0.0111. The van der Waals surface area contributed by atoms with E-state index in [1.54, 1.807) is 13.8 Å². The van der Waals surface area contributed by atoms with Crippen LogP contribution in [-0.2, 0) is 76.3 Å². The summed E-state index contributed by atoms with van der Waals surface area (Å²) in [6.07, 6.45) is 51.1. The number of aryl methyl sites for hydroxylation is 2. The molecule has 0 fully saturated rings. The third kappa shape index (κ3) is 82.5. The molecule has 0 aromatic carbocycles. The summed E-state index contributed by atoms with van der Waals surface area (Å²) in [6, 6.07) is 3.56. The molecule has 4 atom stereocenters. The molecule has 8 amide bonds. The summed E-state index contributed by atoms with van der Waals surface area (Å²) in [7, 11) is 0. The lowest BCUT2D eigenvalue weighted by Crippen LogP contribution is -2.31. The predicted molar refractivity (Wildman–Crippen MR) is 579 cm³/mol. The van der Waals surface area contributed by atoms with Crippen LogP contribution in [0.1, 0.15) is 411 Å². The van der Waals surface area contributed by atoms with Crippen molar-refractivity contribution in [1.29, 1.82) is 0 Å². The molecule has 4 aromatic rings. The summed E-state index contributed by atoms with van der Waals surface area (Å²) in [6.45, 7) is 18.9. The number of esters is 6. The zero-order valence-electron chi connectivity index (χ0n) is 91.3. The lowest BCUT2D eigenvalue weighted by molar-refractivity contribution is -0.146. The van der Waals surface area contributed by atoms with Gasteiger partial charge in [-0.1, -0.05) is 182 Å². The van der Waals surface area contributed by atoms with E-state index < -0.39 is 24.1 Å². The number of ether oxygens (including phenoxy) is 8. The molecule has 0 bridgehead atoms. The summed E-state index contributed by atoms with van der Waals surface area (Å²) < 4.78 is 44.1. The minimum atomic E-state index is -0.438. The number of aromatic amines is 4. The molecular weight excluding hydrogens is 1930 g/mol. The van der Waals surface area contributed by atoms with Gasteiger partial charge in [-0.25, -0.2) is 39.1 Å². The minimum Gasteiger partial charge on any atom is -0.466 e. The molecule has 848 valence electrons. The minimum absolute atomic E-state index is 0.0881. The average Bonchev–Trinajstić information content (AvgIpc) is 0.877. The second-order valence-electron chi connectivity index (χ2n) is 39.6. The molecule has 0 saturated carbocycles. The number of aromatic nitrogens is 8. The maximum atomic E-state index is 12.3. The molecule has 40 nitrogen and oxygen atoms in total. The van der Waals surface area contributed by atoms with Gasteiger partial charge in [0.15, 0.2) is 0 Å². The van der Waals surface area contributed by atoms with Gasteiger partial charge in [0.2, 0.25) is 23.8 Å². The van der Waals surface area contributed by atoms with Crippen LogP contribution in [0.3, 0.4) is 0 Å². The average molecular weight is 2110 g/mol. The third-order valence-corrected chi connectivity index (χ3v) is 25.3. The highest BCUT2D eigenvalue weighted by atomic mass is 16.6. The van der Waals surface area contributed by atoms with Gasteiger partial charge in [0, 0.05) is 165 Å². The fourth-order valence-electron chi connectivity index (χ4n) is 15.9. The van der Waals surface area contributed by atoms with Crippen LogP contribution in [0.15, 0.2) is 55.8 Å². The molecule has 150 heavy (non-hydrogen) atoms. The zero-order valence-corrected chi connectivity index (χ0v) is 91.3. The maximum Gasteiger partial charge on any atom is 0.321 e. The highest BCUT2D eigenvalue weighted by Gasteiger charge is 2.18. The standard InChI is InChI=1S/C62H106N8O12.C48H78N8O12/c1-50(38-47-79-43-25-15-6-11-21-31-53(71)29-19-9-4-13-23-40-64-61(77)69-59-63-42-37-55(73)67-59)33-35-57(75)81-45-27-17-8-18-28-46-82-58(76)36-34-51(2)39-48-80-44-26-16-7-12-22-32-54(72)30-20-10-5-14-24-41-65-62(78)70-60-66-52(3)49-56(74)68-60;1-36(26-33-67-41(59)19-13-7-4-9-15-28-50-47(63)55-45-49-30-25-39(57)53-45)21-23-43(61)65-31-17-11-6-12-18-32-66-44(62)24-22-37(2)27-34-68-42(60)20-14-8-5-10-16-29-51-48(64)56-46-52-38(3)35-40(58)54-46/h37,42,49-51H,4-36,38-41,43-48H2,1-3H3,(H3,63,64,67,69,73,77)(H3,65,66,68,70,74,78);25,30,35-37H,4-24,26-29,31-34H2,1-3H3,(H3,49,50,53,55,57,63)(H3,51,52,54,56,58,64). The zero-order chi connectivity index (χ0) is 109. The number of carbonyl (C=O) groups excluding carboxylic acids is 12. The molecular formula is C110H184N16O24.